The molecule has 0 aliphatic rings. The molecule has 8 heteroatoms. The van der Waals surface area contributed by atoms with Crippen molar-refractivity contribution < 1.29 is 9.46 Å². The van der Waals surface area contributed by atoms with E-state index in [-0.39, 0.29) is 23.9 Å². The molecule has 0 aromatic carbocycles. The maximum absolute atomic E-state index is 11.0. The van der Waals surface area contributed by atoms with Gasteiger partial charge in [0.15, 0.2) is 0 Å². The van der Waals surface area contributed by atoms with Crippen LogP contribution in [0.4, 0.5) is 11.9 Å². The van der Waals surface area contributed by atoms with E-state index < -0.39 is 7.37 Å². The zero-order chi connectivity index (χ0) is 10.1. The van der Waals surface area contributed by atoms with Crippen molar-refractivity contribution in [3.8, 4) is 0 Å². The van der Waals surface area contributed by atoms with Gasteiger partial charge in [-0.05, 0) is 0 Å². The first-order valence-electron chi connectivity index (χ1n) is 3.42. The van der Waals surface area contributed by atoms with Crippen molar-refractivity contribution in [2.24, 2.45) is 0 Å². The average Bonchev–Trinajstić information content (AvgIpc) is 1.78. The predicted molar refractivity (Wildman–Crippen MR) is 48.1 cm³/mol. The van der Waals surface area contributed by atoms with Gasteiger partial charge in [-0.15, -0.1) is 0 Å². The van der Waals surface area contributed by atoms with Gasteiger partial charge in [0.25, 0.3) is 0 Å². The number of hydrogen-bond donors (Lipinski definition) is 3. The maximum atomic E-state index is 11.0. The van der Waals surface area contributed by atoms with E-state index in [0.717, 1.165) is 0 Å². The first kappa shape index (κ1) is 9.88. The van der Waals surface area contributed by atoms with Crippen molar-refractivity contribution in [3.63, 3.8) is 0 Å². The van der Waals surface area contributed by atoms with E-state index in [9.17, 15) is 4.57 Å². The molecule has 0 saturated carbocycles. The van der Waals surface area contributed by atoms with Crippen molar-refractivity contribution in [1.29, 1.82) is 0 Å². The van der Waals surface area contributed by atoms with Crippen LogP contribution in [0.15, 0.2) is 0 Å². The molecule has 0 amide bonds. The Morgan fingerprint density at radius 1 is 1.31 bits per heavy atom. The van der Waals surface area contributed by atoms with Crippen LogP contribution in [0.25, 0.3) is 0 Å². The molecule has 0 bridgehead atoms. The van der Waals surface area contributed by atoms with Gasteiger partial charge in [-0.2, -0.15) is 15.0 Å². The van der Waals surface area contributed by atoms with Crippen molar-refractivity contribution in [1.82, 2.24) is 15.0 Å². The first-order chi connectivity index (χ1) is 5.87. The molecule has 7 nitrogen and oxygen atoms in total. The summed E-state index contributed by atoms with van der Waals surface area (Å²) in [6, 6.07) is 0. The second-order valence-corrected chi connectivity index (χ2v) is 5.10. The highest BCUT2D eigenvalue weighted by molar-refractivity contribution is 7.56. The van der Waals surface area contributed by atoms with E-state index in [1.807, 2.05) is 0 Å². The average molecular weight is 203 g/mol. The lowest BCUT2D eigenvalue weighted by Crippen LogP contribution is -2.06. The van der Waals surface area contributed by atoms with Gasteiger partial charge >= 0.3 is 0 Å². The molecule has 1 aromatic heterocycles. The van der Waals surface area contributed by atoms with Crippen molar-refractivity contribution in [2.45, 2.75) is 6.16 Å². The minimum atomic E-state index is -3.19. The molecule has 0 fully saturated rings. The Bertz CT molecular complexity index is 342. The molecule has 5 N–H and O–H groups in total. The zero-order valence-electron chi connectivity index (χ0n) is 7.01. The second-order valence-electron chi connectivity index (χ2n) is 2.68. The number of nitrogen functional groups attached to an aromatic ring is 2. The number of anilines is 2. The maximum Gasteiger partial charge on any atom is 0.225 e. The van der Waals surface area contributed by atoms with Crippen molar-refractivity contribution >= 4 is 19.3 Å². The Balaban J connectivity index is 2.96. The van der Waals surface area contributed by atoms with Gasteiger partial charge in [-0.3, -0.25) is 4.57 Å². The fourth-order valence-corrected chi connectivity index (χ4v) is 1.46. The SMILES string of the molecule is CP(=O)(O)Cc1nc(N)nc(N)n1. The summed E-state index contributed by atoms with van der Waals surface area (Å²) in [5.74, 6) is 0.0465. The lowest BCUT2D eigenvalue weighted by Gasteiger charge is -2.04. The van der Waals surface area contributed by atoms with Crippen LogP contribution in [0.5, 0.6) is 0 Å². The van der Waals surface area contributed by atoms with E-state index >= 15 is 0 Å². The summed E-state index contributed by atoms with van der Waals surface area (Å²) < 4.78 is 11.0. The molecule has 1 atom stereocenters. The number of nitrogens with two attached hydrogens (primary N) is 2. The summed E-state index contributed by atoms with van der Waals surface area (Å²) in [7, 11) is -3.19. The molecular formula is C5H10N5O2P. The Hall–Kier alpha value is -1.20. The van der Waals surface area contributed by atoms with Crippen LogP contribution in [-0.4, -0.2) is 26.5 Å². The van der Waals surface area contributed by atoms with Crippen LogP contribution < -0.4 is 11.5 Å². The van der Waals surface area contributed by atoms with Gasteiger partial charge in [-0.1, -0.05) is 0 Å². The number of rotatable bonds is 2. The highest BCUT2D eigenvalue weighted by Gasteiger charge is 2.14. The Labute approximate surface area is 74.7 Å². The number of hydrogen-bond acceptors (Lipinski definition) is 6. The van der Waals surface area contributed by atoms with Gasteiger partial charge in [0.2, 0.25) is 19.3 Å². The van der Waals surface area contributed by atoms with Crippen LogP contribution in [-0.2, 0) is 10.7 Å². The van der Waals surface area contributed by atoms with Crippen molar-refractivity contribution in [2.75, 3.05) is 18.1 Å². The molecule has 72 valence electrons. The molecule has 1 aromatic rings. The van der Waals surface area contributed by atoms with Gasteiger partial charge in [0, 0.05) is 6.66 Å². The summed E-state index contributed by atoms with van der Waals surface area (Å²) >= 11 is 0. The Kier molecular flexibility index (Phi) is 2.49. The van der Waals surface area contributed by atoms with Crippen LogP contribution in [0, 0.1) is 0 Å². The Morgan fingerprint density at radius 2 is 1.77 bits per heavy atom. The third-order valence-electron chi connectivity index (χ3n) is 1.15. The second kappa shape index (κ2) is 3.27. The van der Waals surface area contributed by atoms with E-state index in [2.05, 4.69) is 15.0 Å². The largest absolute Gasteiger partial charge is 0.368 e. The van der Waals surface area contributed by atoms with Gasteiger partial charge in [0.05, 0.1) is 6.16 Å². The monoisotopic (exact) mass is 203 g/mol. The summed E-state index contributed by atoms with van der Waals surface area (Å²) in [4.78, 5) is 19.9. The lowest BCUT2D eigenvalue weighted by atomic mass is 10.7. The predicted octanol–water partition coefficient (Wildman–Crippen LogP) is -0.564. The fraction of sp³-hybridized carbons (Fsp3) is 0.400. The summed E-state index contributed by atoms with van der Waals surface area (Å²) in [6.07, 6.45) is -0.149. The quantitative estimate of drug-likeness (QED) is 0.549. The van der Waals surface area contributed by atoms with Gasteiger partial charge < -0.3 is 16.4 Å². The molecule has 0 saturated heterocycles. The summed E-state index contributed by atoms with van der Waals surface area (Å²) in [5, 5.41) is 0. The van der Waals surface area contributed by atoms with E-state index in [4.69, 9.17) is 16.4 Å². The molecular weight excluding hydrogens is 193 g/mol. The standard InChI is InChI=1S/C5H10N5O2P/c1-13(11,12)2-3-8-4(6)10-5(7)9-3/h2H2,1H3,(H,11,12)(H4,6,7,8,9,10). The Morgan fingerprint density at radius 3 is 2.15 bits per heavy atom. The summed E-state index contributed by atoms with van der Waals surface area (Å²) in [5.41, 5.74) is 10.5. The van der Waals surface area contributed by atoms with Crippen LogP contribution in [0.1, 0.15) is 5.82 Å². The van der Waals surface area contributed by atoms with E-state index in [0.29, 0.717) is 0 Å². The fourth-order valence-electron chi connectivity index (χ4n) is 0.790. The third kappa shape index (κ3) is 3.35. The smallest absolute Gasteiger partial charge is 0.225 e. The molecule has 1 heterocycles. The number of aromatic nitrogens is 3. The van der Waals surface area contributed by atoms with E-state index in [1.54, 1.807) is 0 Å². The van der Waals surface area contributed by atoms with Crippen LogP contribution in [0.2, 0.25) is 0 Å². The molecule has 0 aliphatic heterocycles. The first-order valence-corrected chi connectivity index (χ1v) is 5.71. The highest BCUT2D eigenvalue weighted by Crippen LogP contribution is 2.38. The summed E-state index contributed by atoms with van der Waals surface area (Å²) in [6.45, 7) is 1.21. The topological polar surface area (TPSA) is 128 Å². The van der Waals surface area contributed by atoms with E-state index in [1.165, 1.54) is 6.66 Å². The molecule has 0 spiro atoms. The zero-order valence-corrected chi connectivity index (χ0v) is 7.90. The molecule has 13 heavy (non-hydrogen) atoms. The van der Waals surface area contributed by atoms with Crippen LogP contribution >= 0.6 is 7.37 Å². The highest BCUT2D eigenvalue weighted by atomic mass is 31.2. The number of nitrogens with zero attached hydrogens (tertiary/aromatic N) is 3. The minimum Gasteiger partial charge on any atom is -0.368 e. The van der Waals surface area contributed by atoms with Crippen LogP contribution in [0.3, 0.4) is 0 Å². The molecule has 0 aliphatic carbocycles. The molecule has 0 radical (unpaired) electrons. The normalized spacial score (nSPS) is 15.2. The minimum absolute atomic E-state index is 0.0454. The van der Waals surface area contributed by atoms with Gasteiger partial charge in [0.1, 0.15) is 5.82 Å². The third-order valence-corrected chi connectivity index (χ3v) is 2.02. The van der Waals surface area contributed by atoms with Crippen molar-refractivity contribution in [3.05, 3.63) is 5.82 Å². The van der Waals surface area contributed by atoms with Gasteiger partial charge in [-0.25, -0.2) is 0 Å². The molecule has 1 unspecified atom stereocenters. The lowest BCUT2D eigenvalue weighted by molar-refractivity contribution is 0.482. The molecule has 1 rings (SSSR count).